The number of nitro benzene ring substituents is 1. The van der Waals surface area contributed by atoms with Crippen molar-refractivity contribution in [2.75, 3.05) is 6.54 Å². The Bertz CT molecular complexity index is 691. The maximum Gasteiger partial charge on any atom is 0.415 e. The number of nitro groups is 1. The zero-order valence-electron chi connectivity index (χ0n) is 10.3. The minimum atomic E-state index is -0.681. The second kappa shape index (κ2) is 5.66. The van der Waals surface area contributed by atoms with E-state index in [1.165, 1.54) is 18.3 Å². The predicted octanol–water partition coefficient (Wildman–Crippen LogP) is 2.30. The van der Waals surface area contributed by atoms with E-state index in [9.17, 15) is 14.9 Å². The molecular formula is C11H9ClN4O4. The van der Waals surface area contributed by atoms with Crippen LogP contribution in [0.4, 0.5) is 10.5 Å². The van der Waals surface area contributed by atoms with Crippen molar-refractivity contribution < 1.29 is 14.5 Å². The van der Waals surface area contributed by atoms with Gasteiger partial charge in [-0.25, -0.2) is 9.78 Å². The molecule has 2 rings (SSSR count). The molecule has 0 saturated heterocycles. The molecule has 1 N–H and O–H groups in total. The fraction of sp³-hybridized carbons (Fsp3) is 0.182. The molecule has 1 heterocycles. The Morgan fingerprint density at radius 1 is 1.55 bits per heavy atom. The van der Waals surface area contributed by atoms with Crippen LogP contribution in [0.1, 0.15) is 6.92 Å². The number of aromatic nitrogens is 2. The lowest BCUT2D eigenvalue weighted by atomic mass is 10.2. The fourth-order valence-electron chi connectivity index (χ4n) is 1.48. The molecule has 0 saturated carbocycles. The normalized spacial score (nSPS) is 10.3. The molecule has 0 unspecified atom stereocenters. The van der Waals surface area contributed by atoms with Crippen molar-refractivity contribution in [3.63, 3.8) is 0 Å². The molecular weight excluding hydrogens is 288 g/mol. The molecule has 0 bridgehead atoms. The maximum absolute atomic E-state index is 11.2. The van der Waals surface area contributed by atoms with E-state index in [1.54, 1.807) is 6.92 Å². The molecule has 0 aliphatic heterocycles. The first-order valence-electron chi connectivity index (χ1n) is 5.57. The van der Waals surface area contributed by atoms with Crippen LogP contribution in [0.25, 0.3) is 10.9 Å². The summed E-state index contributed by atoms with van der Waals surface area (Å²) < 4.78 is 4.83. The van der Waals surface area contributed by atoms with Crippen LogP contribution in [0.3, 0.4) is 0 Å². The van der Waals surface area contributed by atoms with Gasteiger partial charge in [0.1, 0.15) is 5.02 Å². The topological polar surface area (TPSA) is 107 Å². The maximum atomic E-state index is 11.2. The lowest BCUT2D eigenvalue weighted by molar-refractivity contribution is -0.384. The quantitative estimate of drug-likeness (QED) is 0.688. The highest BCUT2D eigenvalue weighted by Crippen LogP contribution is 2.29. The van der Waals surface area contributed by atoms with Crippen LogP contribution in [0.15, 0.2) is 18.3 Å². The summed E-state index contributed by atoms with van der Waals surface area (Å²) in [7, 11) is 0. The Hall–Kier alpha value is -2.48. The molecule has 1 aromatic carbocycles. The molecule has 9 heteroatoms. The van der Waals surface area contributed by atoms with E-state index < -0.39 is 11.0 Å². The molecule has 0 atom stereocenters. The average Bonchev–Trinajstić information content (AvgIpc) is 2.37. The van der Waals surface area contributed by atoms with Crippen LogP contribution >= 0.6 is 11.6 Å². The van der Waals surface area contributed by atoms with Crippen LogP contribution in [-0.4, -0.2) is 27.5 Å². The summed E-state index contributed by atoms with van der Waals surface area (Å²) in [6, 6.07) is 2.42. The zero-order chi connectivity index (χ0) is 14.7. The number of halogens is 1. The van der Waals surface area contributed by atoms with Crippen LogP contribution in [0, 0.1) is 10.1 Å². The van der Waals surface area contributed by atoms with E-state index in [-0.39, 0.29) is 16.7 Å². The van der Waals surface area contributed by atoms with Crippen molar-refractivity contribution in [2.24, 2.45) is 0 Å². The van der Waals surface area contributed by atoms with Gasteiger partial charge in [0.25, 0.3) is 5.69 Å². The smallest absolute Gasteiger partial charge is 0.374 e. The highest BCUT2D eigenvalue weighted by molar-refractivity contribution is 6.33. The van der Waals surface area contributed by atoms with Gasteiger partial charge in [-0.3, -0.25) is 10.1 Å². The second-order valence-corrected chi connectivity index (χ2v) is 4.10. The van der Waals surface area contributed by atoms with Gasteiger partial charge in [0.15, 0.2) is 0 Å². The number of ether oxygens (including phenoxy) is 1. The van der Waals surface area contributed by atoms with Crippen LogP contribution in [0.2, 0.25) is 5.02 Å². The van der Waals surface area contributed by atoms with Gasteiger partial charge < -0.3 is 10.1 Å². The highest BCUT2D eigenvalue weighted by atomic mass is 35.5. The van der Waals surface area contributed by atoms with Crippen molar-refractivity contribution in [1.29, 1.82) is 0 Å². The van der Waals surface area contributed by atoms with E-state index in [1.807, 2.05) is 0 Å². The molecule has 2 aromatic rings. The second-order valence-electron chi connectivity index (χ2n) is 3.69. The molecule has 0 radical (unpaired) electrons. The number of carbonyl (C=O) groups is 1. The Labute approximate surface area is 117 Å². The third-order valence-electron chi connectivity index (χ3n) is 2.33. The van der Waals surface area contributed by atoms with E-state index in [0.29, 0.717) is 17.4 Å². The van der Waals surface area contributed by atoms with Gasteiger partial charge in [-0.15, -0.1) is 0 Å². The first kappa shape index (κ1) is 13.9. The monoisotopic (exact) mass is 296 g/mol. The Balaban J connectivity index is 2.37. The Morgan fingerprint density at radius 2 is 2.30 bits per heavy atom. The van der Waals surface area contributed by atoms with E-state index in [2.05, 4.69) is 15.3 Å². The van der Waals surface area contributed by atoms with Gasteiger partial charge in [-0.2, -0.15) is 4.98 Å². The molecule has 0 spiro atoms. The summed E-state index contributed by atoms with van der Waals surface area (Å²) >= 11 is 5.78. The zero-order valence-corrected chi connectivity index (χ0v) is 11.0. The first-order chi connectivity index (χ1) is 9.51. The third-order valence-corrected chi connectivity index (χ3v) is 2.63. The number of amides is 1. The van der Waals surface area contributed by atoms with Gasteiger partial charge in [0.05, 0.1) is 10.4 Å². The number of hydrogen-bond acceptors (Lipinski definition) is 6. The molecule has 0 aliphatic rings. The molecule has 0 fully saturated rings. The van der Waals surface area contributed by atoms with Gasteiger partial charge in [0, 0.05) is 24.2 Å². The van der Waals surface area contributed by atoms with Gasteiger partial charge in [0.2, 0.25) is 0 Å². The SMILES string of the molecule is CCNC(=O)Oc1ncc2cc([N+](=O)[O-])c(Cl)cc2n1. The number of hydrogen-bond donors (Lipinski definition) is 1. The number of nitrogens with zero attached hydrogens (tertiary/aromatic N) is 3. The Morgan fingerprint density at radius 3 is 2.95 bits per heavy atom. The van der Waals surface area contributed by atoms with Crippen molar-refractivity contribution in [1.82, 2.24) is 15.3 Å². The van der Waals surface area contributed by atoms with E-state index in [4.69, 9.17) is 16.3 Å². The van der Waals surface area contributed by atoms with E-state index in [0.717, 1.165) is 0 Å². The number of nitrogens with one attached hydrogen (secondary N) is 1. The highest BCUT2D eigenvalue weighted by Gasteiger charge is 2.15. The molecule has 1 amide bonds. The van der Waals surface area contributed by atoms with Gasteiger partial charge in [-0.1, -0.05) is 11.6 Å². The molecule has 8 nitrogen and oxygen atoms in total. The minimum Gasteiger partial charge on any atom is -0.374 e. The van der Waals surface area contributed by atoms with Crippen LogP contribution < -0.4 is 10.1 Å². The summed E-state index contributed by atoms with van der Waals surface area (Å²) in [5.74, 6) is 0. The summed E-state index contributed by atoms with van der Waals surface area (Å²) in [5.41, 5.74) is 0.107. The average molecular weight is 297 g/mol. The number of benzene rings is 1. The molecule has 0 aliphatic carbocycles. The van der Waals surface area contributed by atoms with Crippen LogP contribution in [0.5, 0.6) is 6.01 Å². The van der Waals surface area contributed by atoms with Crippen molar-refractivity contribution in [3.05, 3.63) is 33.5 Å². The molecule has 20 heavy (non-hydrogen) atoms. The largest absolute Gasteiger partial charge is 0.415 e. The van der Waals surface area contributed by atoms with Crippen molar-refractivity contribution >= 4 is 34.3 Å². The lowest BCUT2D eigenvalue weighted by Gasteiger charge is -2.04. The summed E-state index contributed by atoms with van der Waals surface area (Å²) in [4.78, 5) is 29.1. The number of carbonyl (C=O) groups excluding carboxylic acids is 1. The predicted molar refractivity (Wildman–Crippen MR) is 70.9 cm³/mol. The van der Waals surface area contributed by atoms with Gasteiger partial charge >= 0.3 is 12.1 Å². The van der Waals surface area contributed by atoms with Crippen molar-refractivity contribution in [2.45, 2.75) is 6.92 Å². The number of rotatable bonds is 3. The first-order valence-corrected chi connectivity index (χ1v) is 5.95. The molecule has 104 valence electrons. The number of fused-ring (bicyclic) bond motifs is 1. The fourth-order valence-corrected chi connectivity index (χ4v) is 1.70. The van der Waals surface area contributed by atoms with Crippen LogP contribution in [-0.2, 0) is 0 Å². The Kier molecular flexibility index (Phi) is 3.94. The summed E-state index contributed by atoms with van der Waals surface area (Å²) in [6.07, 6.45) is 0.639. The molecule has 1 aromatic heterocycles. The van der Waals surface area contributed by atoms with Crippen molar-refractivity contribution in [3.8, 4) is 6.01 Å². The summed E-state index contributed by atoms with van der Waals surface area (Å²) in [5, 5.41) is 13.5. The third kappa shape index (κ3) is 2.91. The minimum absolute atomic E-state index is 0.0508. The van der Waals surface area contributed by atoms with Gasteiger partial charge in [-0.05, 0) is 13.0 Å². The summed E-state index contributed by atoms with van der Waals surface area (Å²) in [6.45, 7) is 2.14. The lowest BCUT2D eigenvalue weighted by Crippen LogP contribution is -2.26. The van der Waals surface area contributed by atoms with E-state index >= 15 is 0 Å². The standard InChI is InChI=1S/C11H9ClN4O4/c1-2-13-11(17)20-10-14-5-6-3-9(16(18)19)7(12)4-8(6)15-10/h3-5H,2H2,1H3,(H,13,17).